The number of aliphatic carboxylic acids is 1. The zero-order valence-electron chi connectivity index (χ0n) is 12.4. The molecule has 6 unspecified atom stereocenters. The Bertz CT molecular complexity index is 553. The third-order valence-electron chi connectivity index (χ3n) is 6.91. The summed E-state index contributed by atoms with van der Waals surface area (Å²) in [6.45, 7) is 5.32. The molecule has 0 aliphatic heterocycles. The lowest BCUT2D eigenvalue weighted by molar-refractivity contribution is -0.204. The SMILES string of the molecule is C=C(C)C(=O)OC12C3CCC(C3)C1C1CCC2(C(=O)O)C1. The van der Waals surface area contributed by atoms with Gasteiger partial charge in [-0.1, -0.05) is 6.58 Å². The molecule has 0 amide bonds. The average Bonchev–Trinajstić information content (AvgIpc) is 3.15. The topological polar surface area (TPSA) is 63.6 Å². The second kappa shape index (κ2) is 3.90. The van der Waals surface area contributed by atoms with Crippen molar-refractivity contribution in [2.75, 3.05) is 0 Å². The van der Waals surface area contributed by atoms with Gasteiger partial charge in [-0.3, -0.25) is 4.79 Å². The molecule has 4 fully saturated rings. The Kier molecular flexibility index (Phi) is 2.48. The molecular weight excluding hydrogens is 268 g/mol. The summed E-state index contributed by atoms with van der Waals surface area (Å²) in [6.07, 6.45) is 5.56. The second-order valence-corrected chi connectivity index (χ2v) is 7.65. The van der Waals surface area contributed by atoms with Gasteiger partial charge in [0.2, 0.25) is 0 Å². The number of ether oxygens (including phenoxy) is 1. The van der Waals surface area contributed by atoms with Crippen molar-refractivity contribution in [2.45, 2.75) is 51.0 Å². The van der Waals surface area contributed by atoms with E-state index >= 15 is 0 Å². The van der Waals surface area contributed by atoms with Crippen LogP contribution >= 0.6 is 0 Å². The van der Waals surface area contributed by atoms with Crippen molar-refractivity contribution in [2.24, 2.45) is 29.1 Å². The van der Waals surface area contributed by atoms with Crippen molar-refractivity contribution in [1.82, 2.24) is 0 Å². The molecule has 1 N–H and O–H groups in total. The fourth-order valence-electron chi connectivity index (χ4n) is 6.40. The van der Waals surface area contributed by atoms with E-state index in [4.69, 9.17) is 4.74 Å². The summed E-state index contributed by atoms with van der Waals surface area (Å²) in [6, 6.07) is 0. The van der Waals surface area contributed by atoms with E-state index in [1.165, 1.54) is 6.42 Å². The van der Waals surface area contributed by atoms with E-state index in [9.17, 15) is 14.7 Å². The standard InChI is InChI=1S/C17H22O4/c1-9(2)14(18)21-17-12-4-3-10(7-12)13(17)11-5-6-16(17,8-11)15(19)20/h10-13H,1,3-8H2,2H3,(H,19,20). The van der Waals surface area contributed by atoms with Crippen LogP contribution < -0.4 is 0 Å². The summed E-state index contributed by atoms with van der Waals surface area (Å²) in [7, 11) is 0. The van der Waals surface area contributed by atoms with E-state index in [0.29, 0.717) is 30.3 Å². The smallest absolute Gasteiger partial charge is 0.333 e. The molecule has 0 spiro atoms. The molecule has 0 aromatic heterocycles. The second-order valence-electron chi connectivity index (χ2n) is 7.65. The molecule has 0 radical (unpaired) electrons. The van der Waals surface area contributed by atoms with Gasteiger partial charge in [-0.05, 0) is 57.3 Å². The van der Waals surface area contributed by atoms with Gasteiger partial charge >= 0.3 is 11.9 Å². The molecule has 4 saturated carbocycles. The number of carbonyl (C=O) groups is 2. The number of esters is 1. The van der Waals surface area contributed by atoms with Crippen LogP contribution in [0.2, 0.25) is 0 Å². The van der Waals surface area contributed by atoms with Crippen LogP contribution in [0.1, 0.15) is 45.4 Å². The van der Waals surface area contributed by atoms with Crippen LogP contribution in [-0.2, 0) is 14.3 Å². The lowest BCUT2D eigenvalue weighted by atomic mass is 9.60. The summed E-state index contributed by atoms with van der Waals surface area (Å²) in [5.41, 5.74) is -1.22. The minimum absolute atomic E-state index is 0.234. The molecule has 4 aliphatic rings. The third-order valence-corrected chi connectivity index (χ3v) is 6.91. The summed E-state index contributed by atoms with van der Waals surface area (Å²) in [4.78, 5) is 24.4. The van der Waals surface area contributed by atoms with E-state index in [1.54, 1.807) is 6.92 Å². The first kappa shape index (κ1) is 13.4. The van der Waals surface area contributed by atoms with Crippen molar-refractivity contribution in [3.8, 4) is 0 Å². The highest BCUT2D eigenvalue weighted by molar-refractivity contribution is 5.88. The van der Waals surface area contributed by atoms with E-state index in [0.717, 1.165) is 19.3 Å². The fourth-order valence-corrected chi connectivity index (χ4v) is 6.40. The Morgan fingerprint density at radius 1 is 1.24 bits per heavy atom. The molecule has 4 heteroatoms. The third kappa shape index (κ3) is 1.32. The van der Waals surface area contributed by atoms with Gasteiger partial charge in [0.15, 0.2) is 0 Å². The Morgan fingerprint density at radius 3 is 2.67 bits per heavy atom. The van der Waals surface area contributed by atoms with Crippen LogP contribution in [0.25, 0.3) is 0 Å². The number of carbonyl (C=O) groups excluding carboxylic acids is 1. The first-order valence-electron chi connectivity index (χ1n) is 8.04. The first-order chi connectivity index (χ1) is 9.92. The quantitative estimate of drug-likeness (QED) is 0.493. The molecule has 0 aromatic rings. The van der Waals surface area contributed by atoms with Gasteiger partial charge in [-0.25, -0.2) is 4.79 Å². The highest BCUT2D eigenvalue weighted by atomic mass is 16.6. The van der Waals surface area contributed by atoms with Crippen LogP contribution in [0.4, 0.5) is 0 Å². The van der Waals surface area contributed by atoms with Gasteiger partial charge in [-0.2, -0.15) is 0 Å². The fraction of sp³-hybridized carbons (Fsp3) is 0.765. The molecule has 21 heavy (non-hydrogen) atoms. The minimum Gasteiger partial charge on any atom is -0.481 e. The maximum Gasteiger partial charge on any atom is 0.333 e. The molecule has 4 bridgehead atoms. The monoisotopic (exact) mass is 290 g/mol. The molecule has 0 aromatic carbocycles. The maximum atomic E-state index is 12.2. The van der Waals surface area contributed by atoms with Crippen molar-refractivity contribution in [3.05, 3.63) is 12.2 Å². The summed E-state index contributed by atoms with van der Waals surface area (Å²) < 4.78 is 6.00. The largest absolute Gasteiger partial charge is 0.481 e. The van der Waals surface area contributed by atoms with E-state index in [-0.39, 0.29) is 11.8 Å². The Morgan fingerprint density at radius 2 is 2.00 bits per heavy atom. The van der Waals surface area contributed by atoms with E-state index in [2.05, 4.69) is 6.58 Å². The Labute approximate surface area is 124 Å². The number of carboxylic acid groups (broad SMARTS) is 1. The minimum atomic E-state index is -0.840. The maximum absolute atomic E-state index is 12.2. The number of rotatable bonds is 3. The van der Waals surface area contributed by atoms with Crippen LogP contribution in [-0.4, -0.2) is 22.6 Å². The van der Waals surface area contributed by atoms with Gasteiger partial charge < -0.3 is 9.84 Å². The van der Waals surface area contributed by atoms with Gasteiger partial charge in [0.25, 0.3) is 0 Å². The first-order valence-corrected chi connectivity index (χ1v) is 8.04. The van der Waals surface area contributed by atoms with E-state index < -0.39 is 23.0 Å². The highest BCUT2D eigenvalue weighted by Crippen LogP contribution is 2.75. The molecule has 114 valence electrons. The zero-order chi connectivity index (χ0) is 15.0. The number of carboxylic acids is 1. The van der Waals surface area contributed by atoms with E-state index in [1.807, 2.05) is 0 Å². The molecular formula is C17H22O4. The average molecular weight is 290 g/mol. The molecule has 6 atom stereocenters. The number of hydrogen-bond donors (Lipinski definition) is 1. The Balaban J connectivity index is 1.84. The molecule has 0 saturated heterocycles. The van der Waals surface area contributed by atoms with Crippen molar-refractivity contribution in [3.63, 3.8) is 0 Å². The van der Waals surface area contributed by atoms with Gasteiger partial charge in [0, 0.05) is 17.4 Å². The van der Waals surface area contributed by atoms with Crippen LogP contribution in [0.15, 0.2) is 12.2 Å². The van der Waals surface area contributed by atoms with Gasteiger partial charge in [0.05, 0.1) is 0 Å². The summed E-state index contributed by atoms with van der Waals surface area (Å²) >= 11 is 0. The lowest BCUT2D eigenvalue weighted by Gasteiger charge is -2.50. The predicted molar refractivity (Wildman–Crippen MR) is 75.4 cm³/mol. The van der Waals surface area contributed by atoms with Crippen molar-refractivity contribution < 1.29 is 19.4 Å². The van der Waals surface area contributed by atoms with Crippen LogP contribution in [0, 0.1) is 29.1 Å². The highest BCUT2D eigenvalue weighted by Gasteiger charge is 2.80. The molecule has 4 aliphatic carbocycles. The number of hydrogen-bond acceptors (Lipinski definition) is 3. The van der Waals surface area contributed by atoms with Crippen LogP contribution in [0.5, 0.6) is 0 Å². The Hall–Kier alpha value is -1.32. The van der Waals surface area contributed by atoms with Crippen LogP contribution in [0.3, 0.4) is 0 Å². The molecule has 0 heterocycles. The predicted octanol–water partition coefficient (Wildman–Crippen LogP) is 2.78. The number of fused-ring (bicyclic) bond motifs is 9. The van der Waals surface area contributed by atoms with Gasteiger partial charge in [0.1, 0.15) is 11.0 Å². The molecule has 4 nitrogen and oxygen atoms in total. The zero-order valence-corrected chi connectivity index (χ0v) is 12.4. The molecule has 4 rings (SSSR count). The summed E-state index contributed by atoms with van der Waals surface area (Å²) in [5.74, 6) is 0.325. The van der Waals surface area contributed by atoms with Gasteiger partial charge in [-0.15, -0.1) is 0 Å². The van der Waals surface area contributed by atoms with Crippen molar-refractivity contribution >= 4 is 11.9 Å². The lowest BCUT2D eigenvalue weighted by Crippen LogP contribution is -2.60. The normalized spacial score (nSPS) is 49.2. The van der Waals surface area contributed by atoms with Crippen molar-refractivity contribution in [1.29, 1.82) is 0 Å². The summed E-state index contributed by atoms with van der Waals surface area (Å²) in [5, 5.41) is 9.97.